The molecule has 1 aromatic heterocycles. The normalized spacial score (nSPS) is 18.4. The number of nitrogens with zero attached hydrogens (tertiary/aromatic N) is 1. The van der Waals surface area contributed by atoms with E-state index in [4.69, 9.17) is 9.15 Å². The maximum absolute atomic E-state index is 12.7. The van der Waals surface area contributed by atoms with Gasteiger partial charge in [-0.2, -0.15) is 0 Å². The molecule has 1 atom stereocenters. The Kier molecular flexibility index (Phi) is 3.52. The molecule has 0 spiro atoms. The Morgan fingerprint density at radius 1 is 1.45 bits per heavy atom. The van der Waals surface area contributed by atoms with E-state index in [0.717, 1.165) is 10.9 Å². The second-order valence-corrected chi connectivity index (χ2v) is 5.55. The first-order chi connectivity index (χ1) is 10.5. The molecule has 0 radical (unpaired) electrons. The van der Waals surface area contributed by atoms with E-state index in [1.165, 1.54) is 4.90 Å². The summed E-state index contributed by atoms with van der Waals surface area (Å²) in [6, 6.07) is 5.47. The lowest BCUT2D eigenvalue weighted by atomic mass is 10.1. The van der Waals surface area contributed by atoms with Crippen LogP contribution in [0, 0.1) is 6.92 Å². The number of benzene rings is 1. The van der Waals surface area contributed by atoms with E-state index in [2.05, 4.69) is 5.32 Å². The number of hydrogen-bond donors (Lipinski definition) is 1. The minimum Gasteiger partial charge on any atom is -0.493 e. The van der Waals surface area contributed by atoms with Gasteiger partial charge in [-0.1, -0.05) is 12.1 Å². The van der Waals surface area contributed by atoms with Crippen molar-refractivity contribution < 1.29 is 18.7 Å². The second-order valence-electron chi connectivity index (χ2n) is 5.55. The van der Waals surface area contributed by atoms with E-state index in [0.29, 0.717) is 17.9 Å². The van der Waals surface area contributed by atoms with Crippen LogP contribution in [0.5, 0.6) is 5.75 Å². The number of nitrogens with one attached hydrogen (secondary N) is 1. The number of ether oxygens (including phenoxy) is 1. The molecule has 116 valence electrons. The van der Waals surface area contributed by atoms with Gasteiger partial charge >= 0.3 is 0 Å². The molecule has 1 aliphatic heterocycles. The summed E-state index contributed by atoms with van der Waals surface area (Å²) in [7, 11) is 1.56. The van der Waals surface area contributed by atoms with Crippen LogP contribution in [0.2, 0.25) is 0 Å². The summed E-state index contributed by atoms with van der Waals surface area (Å²) in [6.07, 6.45) is 0. The van der Waals surface area contributed by atoms with Crippen molar-refractivity contribution in [1.29, 1.82) is 0 Å². The zero-order valence-electron chi connectivity index (χ0n) is 12.8. The largest absolute Gasteiger partial charge is 0.493 e. The van der Waals surface area contributed by atoms with E-state index in [1.54, 1.807) is 13.2 Å². The van der Waals surface area contributed by atoms with Crippen LogP contribution < -0.4 is 10.1 Å². The summed E-state index contributed by atoms with van der Waals surface area (Å²) in [5.41, 5.74) is 1.32. The highest BCUT2D eigenvalue weighted by molar-refractivity contribution is 6.01. The number of fused-ring (bicyclic) bond motifs is 1. The molecule has 0 aliphatic carbocycles. The van der Waals surface area contributed by atoms with Crippen molar-refractivity contribution in [2.45, 2.75) is 19.9 Å². The van der Waals surface area contributed by atoms with Crippen molar-refractivity contribution in [3.05, 3.63) is 29.5 Å². The SMILES string of the molecule is COc1cccc2c(C)c(C(=O)N3CC(=O)NC(C)C3)oc12. The zero-order chi connectivity index (χ0) is 15.9. The minimum absolute atomic E-state index is 0.0524. The molecule has 1 unspecified atom stereocenters. The number of furan rings is 1. The molecular formula is C16H18N2O4. The molecule has 1 aliphatic rings. The number of rotatable bonds is 2. The van der Waals surface area contributed by atoms with Gasteiger partial charge in [0.15, 0.2) is 17.1 Å². The number of amides is 2. The van der Waals surface area contributed by atoms with Crippen molar-refractivity contribution in [1.82, 2.24) is 10.2 Å². The van der Waals surface area contributed by atoms with Crippen LogP contribution in [-0.4, -0.2) is 43.0 Å². The molecule has 0 bridgehead atoms. The van der Waals surface area contributed by atoms with E-state index in [1.807, 2.05) is 26.0 Å². The van der Waals surface area contributed by atoms with Crippen LogP contribution in [-0.2, 0) is 4.79 Å². The smallest absolute Gasteiger partial charge is 0.290 e. The van der Waals surface area contributed by atoms with Gasteiger partial charge in [0, 0.05) is 23.5 Å². The Morgan fingerprint density at radius 2 is 2.23 bits per heavy atom. The highest BCUT2D eigenvalue weighted by Crippen LogP contribution is 2.32. The standard InChI is InChI=1S/C16H18N2O4/c1-9-7-18(8-13(19)17-9)16(20)14-10(2)11-5-4-6-12(21-3)15(11)22-14/h4-6,9H,7-8H2,1-3H3,(H,17,19). The molecule has 3 rings (SSSR count). The van der Waals surface area contributed by atoms with Crippen LogP contribution in [0.3, 0.4) is 0 Å². The van der Waals surface area contributed by atoms with E-state index < -0.39 is 0 Å². The third-order valence-electron chi connectivity index (χ3n) is 3.87. The van der Waals surface area contributed by atoms with Gasteiger partial charge in [0.05, 0.1) is 7.11 Å². The highest BCUT2D eigenvalue weighted by atomic mass is 16.5. The molecule has 22 heavy (non-hydrogen) atoms. The van der Waals surface area contributed by atoms with E-state index in [-0.39, 0.29) is 30.2 Å². The summed E-state index contributed by atoms with van der Waals surface area (Å²) in [5, 5.41) is 3.64. The van der Waals surface area contributed by atoms with Crippen LogP contribution in [0.15, 0.2) is 22.6 Å². The minimum atomic E-state index is -0.266. The molecule has 2 heterocycles. The van der Waals surface area contributed by atoms with Crippen LogP contribution in [0.25, 0.3) is 11.0 Å². The van der Waals surface area contributed by atoms with Gasteiger partial charge in [0.1, 0.15) is 6.54 Å². The van der Waals surface area contributed by atoms with Gasteiger partial charge in [0.2, 0.25) is 5.91 Å². The predicted molar refractivity (Wildman–Crippen MR) is 81.0 cm³/mol. The quantitative estimate of drug-likeness (QED) is 0.916. The molecule has 1 aromatic carbocycles. The Labute approximate surface area is 128 Å². The number of para-hydroxylation sites is 1. The third-order valence-corrected chi connectivity index (χ3v) is 3.87. The fourth-order valence-corrected chi connectivity index (χ4v) is 2.82. The fourth-order valence-electron chi connectivity index (χ4n) is 2.82. The molecule has 1 N–H and O–H groups in total. The lowest BCUT2D eigenvalue weighted by molar-refractivity contribution is -0.124. The topological polar surface area (TPSA) is 71.8 Å². The highest BCUT2D eigenvalue weighted by Gasteiger charge is 2.30. The second kappa shape index (κ2) is 5.36. The monoisotopic (exact) mass is 302 g/mol. The predicted octanol–water partition coefficient (Wildman–Crippen LogP) is 1.71. The number of carbonyl (C=O) groups excluding carboxylic acids is 2. The molecule has 6 heteroatoms. The fraction of sp³-hybridized carbons (Fsp3) is 0.375. The summed E-state index contributed by atoms with van der Waals surface area (Å²) in [6.45, 7) is 4.23. The Bertz CT molecular complexity index is 750. The van der Waals surface area contributed by atoms with Crippen LogP contribution >= 0.6 is 0 Å². The van der Waals surface area contributed by atoms with Crippen molar-refractivity contribution >= 4 is 22.8 Å². The van der Waals surface area contributed by atoms with Crippen molar-refractivity contribution in [2.75, 3.05) is 20.2 Å². The Balaban J connectivity index is 2.01. The van der Waals surface area contributed by atoms with Crippen LogP contribution in [0.1, 0.15) is 23.0 Å². The zero-order valence-corrected chi connectivity index (χ0v) is 12.8. The summed E-state index contributed by atoms with van der Waals surface area (Å²) >= 11 is 0. The maximum Gasteiger partial charge on any atom is 0.290 e. The lowest BCUT2D eigenvalue weighted by Gasteiger charge is -2.30. The Hall–Kier alpha value is -2.50. The van der Waals surface area contributed by atoms with E-state index in [9.17, 15) is 9.59 Å². The Morgan fingerprint density at radius 3 is 2.91 bits per heavy atom. The van der Waals surface area contributed by atoms with Gasteiger partial charge < -0.3 is 19.4 Å². The molecule has 1 saturated heterocycles. The molecule has 2 amide bonds. The summed E-state index contributed by atoms with van der Waals surface area (Å²) in [5.74, 6) is 0.432. The van der Waals surface area contributed by atoms with Gasteiger partial charge in [-0.3, -0.25) is 9.59 Å². The number of piperazine rings is 1. The summed E-state index contributed by atoms with van der Waals surface area (Å²) < 4.78 is 11.0. The first kappa shape index (κ1) is 14.4. The van der Waals surface area contributed by atoms with Gasteiger partial charge in [-0.05, 0) is 19.9 Å². The van der Waals surface area contributed by atoms with Crippen LogP contribution in [0.4, 0.5) is 0 Å². The third kappa shape index (κ3) is 2.30. The number of hydrogen-bond acceptors (Lipinski definition) is 4. The molecule has 1 fully saturated rings. The first-order valence-corrected chi connectivity index (χ1v) is 7.16. The van der Waals surface area contributed by atoms with E-state index >= 15 is 0 Å². The van der Waals surface area contributed by atoms with Gasteiger partial charge in [-0.15, -0.1) is 0 Å². The molecule has 0 saturated carbocycles. The van der Waals surface area contributed by atoms with Gasteiger partial charge in [-0.25, -0.2) is 0 Å². The average Bonchev–Trinajstić information content (AvgIpc) is 2.83. The lowest BCUT2D eigenvalue weighted by Crippen LogP contribution is -2.54. The molecule has 2 aromatic rings. The van der Waals surface area contributed by atoms with Gasteiger partial charge in [0.25, 0.3) is 5.91 Å². The average molecular weight is 302 g/mol. The number of aryl methyl sites for hydroxylation is 1. The number of methoxy groups -OCH3 is 1. The first-order valence-electron chi connectivity index (χ1n) is 7.16. The van der Waals surface area contributed by atoms with Crippen molar-refractivity contribution in [3.63, 3.8) is 0 Å². The summed E-state index contributed by atoms with van der Waals surface area (Å²) in [4.78, 5) is 25.8. The van der Waals surface area contributed by atoms with Crippen molar-refractivity contribution in [2.24, 2.45) is 0 Å². The van der Waals surface area contributed by atoms with Crippen molar-refractivity contribution in [3.8, 4) is 5.75 Å². The number of carbonyl (C=O) groups is 2. The molecular weight excluding hydrogens is 284 g/mol. The molecule has 6 nitrogen and oxygen atoms in total. The maximum atomic E-state index is 12.7.